The van der Waals surface area contributed by atoms with Crippen molar-refractivity contribution in [1.29, 1.82) is 0 Å². The van der Waals surface area contributed by atoms with E-state index in [9.17, 15) is 4.79 Å². The Balaban J connectivity index is 1.83. The molecule has 1 saturated heterocycles. The number of hydrogen-bond acceptors (Lipinski definition) is 3. The highest BCUT2D eigenvalue weighted by Crippen LogP contribution is 2.06. The molecule has 2 rings (SSSR count). The number of rotatable bonds is 4. The molecule has 0 bridgehead atoms. The van der Waals surface area contributed by atoms with Crippen molar-refractivity contribution in [3.63, 3.8) is 0 Å². The third-order valence-electron chi connectivity index (χ3n) is 3.40. The van der Waals surface area contributed by atoms with Gasteiger partial charge in [-0.2, -0.15) is 0 Å². The van der Waals surface area contributed by atoms with Crippen molar-refractivity contribution < 1.29 is 4.79 Å². The van der Waals surface area contributed by atoms with Crippen molar-refractivity contribution in [3.05, 3.63) is 35.4 Å². The summed E-state index contributed by atoms with van der Waals surface area (Å²) in [6.45, 7) is 5.73. The molecular weight excluding hydrogens is 212 g/mol. The topological polar surface area (TPSA) is 23.6 Å². The number of nitrogens with zero attached hydrogens (tertiary/aromatic N) is 2. The van der Waals surface area contributed by atoms with E-state index in [1.165, 1.54) is 5.56 Å². The van der Waals surface area contributed by atoms with E-state index in [2.05, 4.69) is 22.9 Å². The Hall–Kier alpha value is -1.19. The molecule has 0 atom stereocenters. The first-order valence-corrected chi connectivity index (χ1v) is 6.23. The summed E-state index contributed by atoms with van der Waals surface area (Å²) in [6, 6.07) is 7.90. The SMILES string of the molecule is CN1CCN(CCc2cccc(C=O)c2)CC1. The third kappa shape index (κ3) is 3.65. The Morgan fingerprint density at radius 3 is 2.71 bits per heavy atom. The molecule has 3 heteroatoms. The minimum Gasteiger partial charge on any atom is -0.304 e. The van der Waals surface area contributed by atoms with Crippen molar-refractivity contribution in [2.24, 2.45) is 0 Å². The molecule has 0 aromatic heterocycles. The van der Waals surface area contributed by atoms with Crippen LogP contribution < -0.4 is 0 Å². The van der Waals surface area contributed by atoms with Crippen LogP contribution in [-0.2, 0) is 6.42 Å². The van der Waals surface area contributed by atoms with Gasteiger partial charge in [-0.25, -0.2) is 0 Å². The summed E-state index contributed by atoms with van der Waals surface area (Å²) in [5.41, 5.74) is 2.04. The monoisotopic (exact) mass is 232 g/mol. The van der Waals surface area contributed by atoms with Gasteiger partial charge in [-0.3, -0.25) is 4.79 Å². The van der Waals surface area contributed by atoms with Crippen LogP contribution in [0, 0.1) is 0 Å². The van der Waals surface area contributed by atoms with Gasteiger partial charge in [-0.15, -0.1) is 0 Å². The van der Waals surface area contributed by atoms with Crippen LogP contribution in [0.1, 0.15) is 15.9 Å². The first-order valence-electron chi connectivity index (χ1n) is 6.23. The van der Waals surface area contributed by atoms with E-state index in [1.807, 2.05) is 18.2 Å². The standard InChI is InChI=1S/C14H20N2O/c1-15-7-9-16(10-8-15)6-5-13-3-2-4-14(11-13)12-17/h2-4,11-12H,5-10H2,1H3. The van der Waals surface area contributed by atoms with Crippen LogP contribution in [0.5, 0.6) is 0 Å². The van der Waals surface area contributed by atoms with Crippen LogP contribution in [0.15, 0.2) is 24.3 Å². The summed E-state index contributed by atoms with van der Waals surface area (Å²) in [5.74, 6) is 0. The van der Waals surface area contributed by atoms with Crippen molar-refractivity contribution >= 4 is 6.29 Å². The lowest BCUT2D eigenvalue weighted by molar-refractivity contribution is 0.112. The van der Waals surface area contributed by atoms with Crippen LogP contribution in [0.2, 0.25) is 0 Å². The van der Waals surface area contributed by atoms with Gasteiger partial charge in [0, 0.05) is 38.3 Å². The summed E-state index contributed by atoms with van der Waals surface area (Å²) in [4.78, 5) is 15.5. The number of piperazine rings is 1. The Morgan fingerprint density at radius 1 is 1.24 bits per heavy atom. The predicted octanol–water partition coefficient (Wildman–Crippen LogP) is 1.29. The van der Waals surface area contributed by atoms with Crippen LogP contribution in [0.3, 0.4) is 0 Å². The minimum absolute atomic E-state index is 0.779. The number of carbonyl (C=O) groups excluding carboxylic acids is 1. The van der Waals surface area contributed by atoms with Crippen LogP contribution in [-0.4, -0.2) is 55.9 Å². The van der Waals surface area contributed by atoms with Gasteiger partial charge in [0.1, 0.15) is 6.29 Å². The molecule has 0 aliphatic carbocycles. The Labute approximate surface area is 103 Å². The molecule has 92 valence electrons. The summed E-state index contributed by atoms with van der Waals surface area (Å²) in [7, 11) is 2.17. The van der Waals surface area contributed by atoms with Gasteiger partial charge in [0.15, 0.2) is 0 Å². The molecule has 1 aromatic rings. The van der Waals surface area contributed by atoms with Gasteiger partial charge in [0.05, 0.1) is 0 Å². The van der Waals surface area contributed by atoms with Gasteiger partial charge in [-0.1, -0.05) is 18.2 Å². The van der Waals surface area contributed by atoms with Crippen LogP contribution >= 0.6 is 0 Å². The summed E-state index contributed by atoms with van der Waals surface area (Å²) in [6.07, 6.45) is 1.95. The van der Waals surface area contributed by atoms with E-state index in [0.29, 0.717) is 0 Å². The summed E-state index contributed by atoms with van der Waals surface area (Å²) >= 11 is 0. The van der Waals surface area contributed by atoms with Gasteiger partial charge in [-0.05, 0) is 25.1 Å². The van der Waals surface area contributed by atoms with Crippen LogP contribution in [0.25, 0.3) is 0 Å². The molecule has 0 amide bonds. The molecule has 1 aliphatic rings. The van der Waals surface area contributed by atoms with E-state index in [-0.39, 0.29) is 0 Å². The lowest BCUT2D eigenvalue weighted by Crippen LogP contribution is -2.45. The van der Waals surface area contributed by atoms with E-state index in [4.69, 9.17) is 0 Å². The first kappa shape index (κ1) is 12.3. The second kappa shape index (κ2) is 5.94. The predicted molar refractivity (Wildman–Crippen MR) is 69.5 cm³/mol. The molecular formula is C14H20N2O. The molecule has 0 spiro atoms. The Bertz CT molecular complexity index is 370. The molecule has 3 nitrogen and oxygen atoms in total. The zero-order valence-electron chi connectivity index (χ0n) is 10.4. The highest BCUT2D eigenvalue weighted by atomic mass is 16.1. The second-order valence-corrected chi connectivity index (χ2v) is 4.76. The maximum Gasteiger partial charge on any atom is 0.150 e. The maximum absolute atomic E-state index is 10.7. The van der Waals surface area contributed by atoms with Crippen molar-refractivity contribution in [2.75, 3.05) is 39.8 Å². The molecule has 0 N–H and O–H groups in total. The average molecular weight is 232 g/mol. The van der Waals surface area contributed by atoms with E-state index in [1.54, 1.807) is 0 Å². The fourth-order valence-electron chi connectivity index (χ4n) is 2.18. The maximum atomic E-state index is 10.7. The largest absolute Gasteiger partial charge is 0.304 e. The zero-order chi connectivity index (χ0) is 12.1. The molecule has 0 unspecified atom stereocenters. The zero-order valence-corrected chi connectivity index (χ0v) is 10.4. The second-order valence-electron chi connectivity index (χ2n) is 4.76. The van der Waals surface area contributed by atoms with Gasteiger partial charge in [0.25, 0.3) is 0 Å². The lowest BCUT2D eigenvalue weighted by Gasteiger charge is -2.32. The normalized spacial score (nSPS) is 18.2. The molecule has 1 aromatic carbocycles. The summed E-state index contributed by atoms with van der Waals surface area (Å²) in [5, 5.41) is 0. The van der Waals surface area contributed by atoms with E-state index in [0.717, 1.165) is 51.0 Å². The molecule has 0 saturated carbocycles. The molecule has 1 fully saturated rings. The number of hydrogen-bond donors (Lipinski definition) is 0. The first-order chi connectivity index (χ1) is 8.28. The summed E-state index contributed by atoms with van der Waals surface area (Å²) < 4.78 is 0. The number of likely N-dealkylation sites (N-methyl/N-ethyl adjacent to an activating group) is 1. The average Bonchev–Trinajstić information content (AvgIpc) is 2.38. The highest BCUT2D eigenvalue weighted by molar-refractivity contribution is 5.74. The molecule has 1 heterocycles. The molecule has 17 heavy (non-hydrogen) atoms. The fourth-order valence-corrected chi connectivity index (χ4v) is 2.18. The van der Waals surface area contributed by atoms with Gasteiger partial charge < -0.3 is 9.80 Å². The van der Waals surface area contributed by atoms with E-state index >= 15 is 0 Å². The smallest absolute Gasteiger partial charge is 0.150 e. The number of carbonyl (C=O) groups is 1. The van der Waals surface area contributed by atoms with Crippen molar-refractivity contribution in [3.8, 4) is 0 Å². The lowest BCUT2D eigenvalue weighted by atomic mass is 10.1. The Kier molecular flexibility index (Phi) is 4.29. The molecule has 0 radical (unpaired) electrons. The fraction of sp³-hybridized carbons (Fsp3) is 0.500. The van der Waals surface area contributed by atoms with Gasteiger partial charge in [0.2, 0.25) is 0 Å². The quantitative estimate of drug-likeness (QED) is 0.731. The Morgan fingerprint density at radius 2 is 2.00 bits per heavy atom. The van der Waals surface area contributed by atoms with Gasteiger partial charge >= 0.3 is 0 Å². The highest BCUT2D eigenvalue weighted by Gasteiger charge is 2.12. The molecule has 1 aliphatic heterocycles. The number of benzene rings is 1. The number of aldehydes is 1. The third-order valence-corrected chi connectivity index (χ3v) is 3.40. The van der Waals surface area contributed by atoms with Crippen molar-refractivity contribution in [1.82, 2.24) is 9.80 Å². The van der Waals surface area contributed by atoms with E-state index < -0.39 is 0 Å². The van der Waals surface area contributed by atoms with Crippen molar-refractivity contribution in [2.45, 2.75) is 6.42 Å². The minimum atomic E-state index is 0.779. The van der Waals surface area contributed by atoms with Crippen LogP contribution in [0.4, 0.5) is 0 Å².